The summed E-state index contributed by atoms with van der Waals surface area (Å²) < 4.78 is 22.2. The summed E-state index contributed by atoms with van der Waals surface area (Å²) in [5.41, 5.74) is 1.65. The van der Waals surface area contributed by atoms with Crippen LogP contribution in [0.1, 0.15) is 94.0 Å². The number of piperidine rings is 1. The van der Waals surface area contributed by atoms with Crippen LogP contribution in [-0.4, -0.2) is 99.9 Å². The minimum absolute atomic E-state index is 0.221. The first kappa shape index (κ1) is 42.6. The molecule has 5 rings (SSSR count). The number of nitrogens with one attached hydrogen (secondary N) is 3. The Kier molecular flexibility index (Phi) is 15.4. The summed E-state index contributed by atoms with van der Waals surface area (Å²) in [7, 11) is 0. The lowest BCUT2D eigenvalue weighted by atomic mass is 9.86. The first-order valence-corrected chi connectivity index (χ1v) is 19.5. The summed E-state index contributed by atoms with van der Waals surface area (Å²) in [6, 6.07) is 18.5. The quantitative estimate of drug-likeness (QED) is 0.0691. The van der Waals surface area contributed by atoms with Gasteiger partial charge in [0, 0.05) is 62.1 Å². The van der Waals surface area contributed by atoms with Crippen LogP contribution in [0.2, 0.25) is 0 Å². The number of benzene rings is 2. The van der Waals surface area contributed by atoms with Gasteiger partial charge in [-0.2, -0.15) is 5.10 Å². The highest BCUT2D eigenvalue weighted by Crippen LogP contribution is 2.36. The van der Waals surface area contributed by atoms with Gasteiger partial charge < -0.3 is 39.6 Å². The number of aromatic amines is 1. The predicted octanol–water partition coefficient (Wildman–Crippen LogP) is 6.75. The molecular formula is C42H55N7O8. The SMILES string of the molecule is CC(NC(=O)c1cccc(NC2(c3nc(-c4ccncc4)n[nH]3)CCN(C(=O)OC(C)(C)C)CC2)c1)c1cccc(OCCCCCOCCCOCC(=O)O)c1. The minimum Gasteiger partial charge on any atom is -0.494 e. The molecule has 1 unspecified atom stereocenters. The van der Waals surface area contributed by atoms with E-state index in [1.807, 2.05) is 82.3 Å². The van der Waals surface area contributed by atoms with E-state index in [0.29, 0.717) is 76.0 Å². The molecule has 4 aromatic rings. The number of likely N-dealkylation sites (tertiary alicyclic amines) is 1. The van der Waals surface area contributed by atoms with E-state index in [2.05, 4.69) is 25.8 Å². The summed E-state index contributed by atoms with van der Waals surface area (Å²) >= 11 is 0. The number of pyridine rings is 1. The number of ether oxygens (including phenoxy) is 4. The molecule has 3 heterocycles. The number of aromatic nitrogens is 4. The third kappa shape index (κ3) is 13.3. The number of carbonyl (C=O) groups excluding carboxylic acids is 2. The smallest absolute Gasteiger partial charge is 0.410 e. The number of unbranched alkanes of at least 4 members (excludes halogenated alkanes) is 2. The number of aliphatic carboxylic acids is 1. The van der Waals surface area contributed by atoms with E-state index in [9.17, 15) is 14.4 Å². The molecule has 1 saturated heterocycles. The van der Waals surface area contributed by atoms with Gasteiger partial charge in [0.1, 0.15) is 23.5 Å². The van der Waals surface area contributed by atoms with E-state index in [1.54, 1.807) is 23.4 Å². The third-order valence-corrected chi connectivity index (χ3v) is 9.36. The molecule has 0 aliphatic carbocycles. The van der Waals surface area contributed by atoms with E-state index in [-0.39, 0.29) is 24.6 Å². The molecule has 1 atom stereocenters. The van der Waals surface area contributed by atoms with Gasteiger partial charge in [0.25, 0.3) is 5.91 Å². The molecule has 15 heteroatoms. The Morgan fingerprint density at radius 2 is 1.63 bits per heavy atom. The number of hydrogen-bond donors (Lipinski definition) is 4. The number of carbonyl (C=O) groups is 3. The van der Waals surface area contributed by atoms with Crippen LogP contribution in [0.15, 0.2) is 73.1 Å². The van der Waals surface area contributed by atoms with Crippen molar-refractivity contribution in [2.45, 2.75) is 83.4 Å². The van der Waals surface area contributed by atoms with Gasteiger partial charge in [0.2, 0.25) is 0 Å². The molecule has 2 aromatic heterocycles. The molecular weight excluding hydrogens is 731 g/mol. The van der Waals surface area contributed by atoms with Gasteiger partial charge in [-0.15, -0.1) is 0 Å². The number of H-pyrrole nitrogens is 1. The van der Waals surface area contributed by atoms with Crippen LogP contribution in [0.5, 0.6) is 5.75 Å². The van der Waals surface area contributed by atoms with Crippen LogP contribution in [0.25, 0.3) is 11.4 Å². The summed E-state index contributed by atoms with van der Waals surface area (Å²) in [5, 5.41) is 23.0. The zero-order chi connectivity index (χ0) is 40.7. The van der Waals surface area contributed by atoms with Crippen molar-refractivity contribution in [3.05, 3.63) is 90.0 Å². The maximum absolute atomic E-state index is 13.6. The second kappa shape index (κ2) is 20.6. The van der Waals surface area contributed by atoms with Gasteiger partial charge in [-0.1, -0.05) is 18.2 Å². The molecule has 15 nitrogen and oxygen atoms in total. The van der Waals surface area contributed by atoms with Crippen molar-refractivity contribution in [1.29, 1.82) is 0 Å². The molecule has 4 N–H and O–H groups in total. The monoisotopic (exact) mass is 785 g/mol. The number of carboxylic acids is 1. The lowest BCUT2D eigenvalue weighted by molar-refractivity contribution is -0.142. The standard InChI is InChI=1S/C42H55N7O8/c1-30(32-11-9-14-35(28-32)56-26-7-5-6-23-54-24-10-25-55-29-36(50)51)44-38(52)33-12-8-13-34(27-33)46-42(17-21-49(22-18-42)40(53)57-41(2,3)4)39-45-37(47-48-39)31-15-19-43-20-16-31/h8-9,11-16,19-20,27-28,30,46H,5-7,10,17-18,21-26,29H2,1-4H3,(H,44,52)(H,50,51)(H,45,47,48). The molecule has 0 bridgehead atoms. The number of rotatable bonds is 20. The summed E-state index contributed by atoms with van der Waals surface area (Å²) in [5.74, 6) is 0.714. The molecule has 57 heavy (non-hydrogen) atoms. The Morgan fingerprint density at radius 1 is 0.912 bits per heavy atom. The molecule has 1 aliphatic heterocycles. The van der Waals surface area contributed by atoms with Crippen molar-refractivity contribution >= 4 is 23.7 Å². The predicted molar refractivity (Wildman–Crippen MR) is 214 cm³/mol. The van der Waals surface area contributed by atoms with Gasteiger partial charge in [-0.25, -0.2) is 14.6 Å². The highest BCUT2D eigenvalue weighted by atomic mass is 16.6. The maximum atomic E-state index is 13.6. The average Bonchev–Trinajstić information content (AvgIpc) is 3.70. The molecule has 306 valence electrons. The Hall–Kier alpha value is -5.54. The van der Waals surface area contributed by atoms with Crippen molar-refractivity contribution in [2.24, 2.45) is 0 Å². The Morgan fingerprint density at radius 3 is 2.39 bits per heavy atom. The summed E-state index contributed by atoms with van der Waals surface area (Å²) in [4.78, 5) is 47.7. The molecule has 0 radical (unpaired) electrons. The van der Waals surface area contributed by atoms with Crippen LogP contribution >= 0.6 is 0 Å². The van der Waals surface area contributed by atoms with E-state index in [1.165, 1.54) is 0 Å². The second-order valence-corrected chi connectivity index (χ2v) is 15.1. The largest absolute Gasteiger partial charge is 0.494 e. The molecule has 2 aromatic carbocycles. The fraction of sp³-hybridized carbons (Fsp3) is 0.476. The van der Waals surface area contributed by atoms with Crippen molar-refractivity contribution in [3.63, 3.8) is 0 Å². The van der Waals surface area contributed by atoms with Gasteiger partial charge in [-0.05, 0) is 114 Å². The van der Waals surface area contributed by atoms with E-state index in [4.69, 9.17) is 29.0 Å². The van der Waals surface area contributed by atoms with E-state index < -0.39 is 17.1 Å². The molecule has 1 aliphatic rings. The molecule has 0 spiro atoms. The van der Waals surface area contributed by atoms with E-state index in [0.717, 1.165) is 41.8 Å². The lowest BCUT2D eigenvalue weighted by Crippen LogP contribution is -2.50. The number of carboxylic acid groups (broad SMARTS) is 1. The van der Waals surface area contributed by atoms with Crippen molar-refractivity contribution in [1.82, 2.24) is 30.4 Å². The van der Waals surface area contributed by atoms with Gasteiger partial charge in [0.15, 0.2) is 11.6 Å². The summed E-state index contributed by atoms with van der Waals surface area (Å²) in [6.45, 7) is 10.2. The van der Waals surface area contributed by atoms with Crippen LogP contribution in [0, 0.1) is 0 Å². The lowest BCUT2D eigenvalue weighted by Gasteiger charge is -2.41. The van der Waals surface area contributed by atoms with Crippen molar-refractivity contribution in [3.8, 4) is 17.1 Å². The number of anilines is 1. The van der Waals surface area contributed by atoms with Crippen LogP contribution in [0.3, 0.4) is 0 Å². The van der Waals surface area contributed by atoms with Crippen molar-refractivity contribution in [2.75, 3.05) is 51.4 Å². The van der Waals surface area contributed by atoms with Crippen LogP contribution in [0.4, 0.5) is 10.5 Å². The fourth-order valence-corrected chi connectivity index (χ4v) is 6.37. The number of nitrogens with zero attached hydrogens (tertiary/aromatic N) is 4. The Balaban J connectivity index is 1.15. The Labute approximate surface area is 333 Å². The van der Waals surface area contributed by atoms with Crippen LogP contribution in [-0.2, 0) is 24.5 Å². The molecule has 2 amide bonds. The second-order valence-electron chi connectivity index (χ2n) is 15.1. The Bertz CT molecular complexity index is 1890. The molecule has 1 fully saturated rings. The first-order chi connectivity index (χ1) is 27.4. The van der Waals surface area contributed by atoms with Gasteiger partial charge >= 0.3 is 12.1 Å². The first-order valence-electron chi connectivity index (χ1n) is 19.5. The van der Waals surface area contributed by atoms with E-state index >= 15 is 0 Å². The molecule has 0 saturated carbocycles. The number of amides is 2. The fourth-order valence-electron chi connectivity index (χ4n) is 6.37. The van der Waals surface area contributed by atoms with Gasteiger partial charge in [-0.3, -0.25) is 14.9 Å². The van der Waals surface area contributed by atoms with Crippen molar-refractivity contribution < 1.29 is 38.4 Å². The normalized spacial score (nSPS) is 14.4. The average molecular weight is 786 g/mol. The third-order valence-electron chi connectivity index (χ3n) is 9.36. The van der Waals surface area contributed by atoms with Gasteiger partial charge in [0.05, 0.1) is 12.6 Å². The minimum atomic E-state index is -0.971. The van der Waals surface area contributed by atoms with Crippen LogP contribution < -0.4 is 15.4 Å². The zero-order valence-electron chi connectivity index (χ0n) is 33.3. The number of hydrogen-bond acceptors (Lipinski definition) is 11. The maximum Gasteiger partial charge on any atom is 0.410 e. The highest BCUT2D eigenvalue weighted by molar-refractivity contribution is 5.95. The zero-order valence-corrected chi connectivity index (χ0v) is 33.3. The summed E-state index contributed by atoms with van der Waals surface area (Å²) in [6.07, 6.45) is 7.46. The topological polar surface area (TPSA) is 190 Å². The highest BCUT2D eigenvalue weighted by Gasteiger charge is 2.41.